The first-order chi connectivity index (χ1) is 20.2. The molecular formula is C32H40O7S2. The van der Waals surface area contributed by atoms with Gasteiger partial charge in [0.15, 0.2) is 12.6 Å². The fraction of sp³-hybridized carbons (Fsp3) is 0.625. The number of ether oxygens (including phenoxy) is 6. The topological polar surface area (TPSA) is 75.6 Å². The molecule has 2 aromatic carbocycles. The van der Waals surface area contributed by atoms with Gasteiger partial charge in [0.1, 0.15) is 18.3 Å². The van der Waals surface area contributed by atoms with Gasteiger partial charge < -0.3 is 33.5 Å². The van der Waals surface area contributed by atoms with Crippen molar-refractivity contribution in [3.8, 4) is 0 Å². The largest absolute Gasteiger partial charge is 0.389 e. The van der Waals surface area contributed by atoms with Crippen LogP contribution in [-0.4, -0.2) is 82.4 Å². The normalized spacial score (nSPS) is 38.8. The van der Waals surface area contributed by atoms with Crippen LogP contribution in [0.15, 0.2) is 60.7 Å². The van der Waals surface area contributed by atoms with Crippen LogP contribution in [0, 0.1) is 0 Å². The molecular weight excluding hydrogens is 560 g/mol. The van der Waals surface area contributed by atoms with Crippen molar-refractivity contribution in [3.63, 3.8) is 0 Å². The van der Waals surface area contributed by atoms with Crippen LogP contribution in [0.1, 0.15) is 43.2 Å². The Morgan fingerprint density at radius 3 is 1.85 bits per heavy atom. The first kappa shape index (κ1) is 28.6. The van der Waals surface area contributed by atoms with E-state index in [4.69, 9.17) is 28.4 Å². The fourth-order valence-corrected chi connectivity index (χ4v) is 9.36. The van der Waals surface area contributed by atoms with Gasteiger partial charge in [-0.25, -0.2) is 0 Å². The molecule has 6 aliphatic heterocycles. The van der Waals surface area contributed by atoms with Crippen LogP contribution in [0.3, 0.4) is 0 Å². The van der Waals surface area contributed by atoms with E-state index in [0.717, 1.165) is 35.5 Å². The van der Waals surface area contributed by atoms with Crippen molar-refractivity contribution in [2.24, 2.45) is 0 Å². The molecule has 10 atom stereocenters. The Kier molecular flexibility index (Phi) is 9.24. The maximum absolute atomic E-state index is 11.4. The summed E-state index contributed by atoms with van der Waals surface area (Å²) in [6, 6.07) is 20.3. The first-order valence-electron chi connectivity index (χ1n) is 15.1. The van der Waals surface area contributed by atoms with Gasteiger partial charge in [0, 0.05) is 11.5 Å². The zero-order valence-electron chi connectivity index (χ0n) is 23.2. The molecule has 7 fully saturated rings. The van der Waals surface area contributed by atoms with Gasteiger partial charge in [0.05, 0.1) is 48.1 Å². The molecule has 4 bridgehead atoms. The van der Waals surface area contributed by atoms with Crippen molar-refractivity contribution in [1.82, 2.24) is 0 Å². The molecule has 41 heavy (non-hydrogen) atoms. The van der Waals surface area contributed by atoms with Crippen molar-refractivity contribution in [2.75, 3.05) is 11.5 Å². The van der Waals surface area contributed by atoms with E-state index in [9.17, 15) is 5.11 Å². The quantitative estimate of drug-likeness (QED) is 0.409. The molecule has 7 aliphatic rings. The number of aliphatic hydroxyl groups is 1. The molecule has 9 heteroatoms. The number of fused-ring (bicyclic) bond motifs is 6. The van der Waals surface area contributed by atoms with Crippen molar-refractivity contribution in [3.05, 3.63) is 71.8 Å². The molecule has 222 valence electrons. The summed E-state index contributed by atoms with van der Waals surface area (Å²) in [4.78, 5) is 0. The number of benzene rings is 2. The second kappa shape index (κ2) is 13.2. The predicted octanol–water partition coefficient (Wildman–Crippen LogP) is 4.93. The van der Waals surface area contributed by atoms with Crippen LogP contribution in [0.2, 0.25) is 0 Å². The van der Waals surface area contributed by atoms with Crippen LogP contribution in [-0.2, 0) is 41.6 Å². The van der Waals surface area contributed by atoms with Crippen molar-refractivity contribution < 1.29 is 33.5 Å². The highest BCUT2D eigenvalue weighted by Crippen LogP contribution is 2.46. The van der Waals surface area contributed by atoms with Gasteiger partial charge in [-0.3, -0.25) is 0 Å². The summed E-state index contributed by atoms with van der Waals surface area (Å²) in [6.07, 6.45) is 3.29. The molecule has 6 saturated heterocycles. The van der Waals surface area contributed by atoms with Gasteiger partial charge >= 0.3 is 0 Å². The average Bonchev–Trinajstić information content (AvgIpc) is 3.02. The Bertz CT molecular complexity index is 1100. The maximum Gasteiger partial charge on any atom is 0.173 e. The summed E-state index contributed by atoms with van der Waals surface area (Å²) in [5.41, 5.74) is 2.20. The first-order valence-corrected chi connectivity index (χ1v) is 17.2. The highest BCUT2D eigenvalue weighted by molar-refractivity contribution is 8.00. The number of aliphatic hydroxyl groups excluding tert-OH is 1. The fourth-order valence-electron chi connectivity index (χ4n) is 6.67. The maximum atomic E-state index is 11.4. The van der Waals surface area contributed by atoms with E-state index in [1.54, 1.807) is 11.8 Å². The smallest absolute Gasteiger partial charge is 0.173 e. The van der Waals surface area contributed by atoms with Crippen LogP contribution in [0.5, 0.6) is 0 Å². The lowest BCUT2D eigenvalue weighted by atomic mass is 9.96. The summed E-state index contributed by atoms with van der Waals surface area (Å²) in [5.74, 6) is 1.62. The van der Waals surface area contributed by atoms with E-state index in [1.807, 2.05) is 60.3 Å². The Morgan fingerprint density at radius 2 is 1.22 bits per heavy atom. The lowest BCUT2D eigenvalue weighted by molar-refractivity contribution is -0.319. The van der Waals surface area contributed by atoms with Crippen LogP contribution in [0.25, 0.3) is 0 Å². The summed E-state index contributed by atoms with van der Waals surface area (Å²) in [5, 5.41) is 11.1. The van der Waals surface area contributed by atoms with E-state index in [1.165, 1.54) is 19.3 Å². The highest BCUT2D eigenvalue weighted by Gasteiger charge is 2.57. The Balaban J connectivity index is 1.05. The minimum absolute atomic E-state index is 0.0287. The second-order valence-corrected chi connectivity index (χ2v) is 14.1. The van der Waals surface area contributed by atoms with E-state index < -0.39 is 12.4 Å². The molecule has 2 aromatic rings. The number of hydrogen-bond acceptors (Lipinski definition) is 9. The van der Waals surface area contributed by atoms with Gasteiger partial charge in [-0.1, -0.05) is 79.9 Å². The lowest BCUT2D eigenvalue weighted by Crippen LogP contribution is -2.68. The number of hydrogen-bond donors (Lipinski definition) is 1. The molecule has 1 N–H and O–H groups in total. The Morgan fingerprint density at radius 1 is 0.659 bits per heavy atom. The van der Waals surface area contributed by atoms with Crippen LogP contribution >= 0.6 is 23.5 Å². The highest BCUT2D eigenvalue weighted by atomic mass is 32.2. The SMILES string of the molecule is O[C@@H]1[C@H](OCc2ccccc2)[C@H]2CS[C@@H]1[C@H](O[C@H]1[C@H](OCc3ccccc3)[C@H]3CS[C@@H]1[C@H](OC1CCCCC1)O3)O2. The van der Waals surface area contributed by atoms with Crippen molar-refractivity contribution in [1.29, 1.82) is 0 Å². The molecule has 6 heterocycles. The zero-order chi connectivity index (χ0) is 27.6. The predicted molar refractivity (Wildman–Crippen MR) is 159 cm³/mol. The Labute approximate surface area is 250 Å². The summed E-state index contributed by atoms with van der Waals surface area (Å²) < 4.78 is 39.2. The van der Waals surface area contributed by atoms with Gasteiger partial charge in [-0.05, 0) is 24.0 Å². The molecule has 1 aliphatic carbocycles. The summed E-state index contributed by atoms with van der Waals surface area (Å²) in [7, 11) is 0. The summed E-state index contributed by atoms with van der Waals surface area (Å²) >= 11 is 3.57. The zero-order valence-corrected chi connectivity index (χ0v) is 24.8. The van der Waals surface area contributed by atoms with E-state index in [-0.39, 0.29) is 53.4 Å². The van der Waals surface area contributed by atoms with E-state index in [0.29, 0.717) is 13.2 Å². The lowest BCUT2D eigenvalue weighted by Gasteiger charge is -2.54. The van der Waals surface area contributed by atoms with Gasteiger partial charge in [-0.2, -0.15) is 0 Å². The van der Waals surface area contributed by atoms with E-state index in [2.05, 4.69) is 12.1 Å². The number of rotatable bonds is 10. The third-order valence-electron chi connectivity index (χ3n) is 8.85. The van der Waals surface area contributed by atoms with Crippen molar-refractivity contribution >= 4 is 23.5 Å². The Hall–Kier alpha value is -1.14. The molecule has 1 saturated carbocycles. The molecule has 0 unspecified atom stereocenters. The second-order valence-electron chi connectivity index (χ2n) is 11.7. The average molecular weight is 601 g/mol. The third kappa shape index (κ3) is 6.40. The van der Waals surface area contributed by atoms with Gasteiger partial charge in [0.25, 0.3) is 0 Å². The third-order valence-corrected chi connectivity index (χ3v) is 11.7. The van der Waals surface area contributed by atoms with E-state index >= 15 is 0 Å². The number of thioether (sulfide) groups is 2. The molecule has 0 amide bonds. The molecule has 7 nitrogen and oxygen atoms in total. The molecule has 0 aromatic heterocycles. The monoisotopic (exact) mass is 600 g/mol. The van der Waals surface area contributed by atoms with Gasteiger partial charge in [0.2, 0.25) is 0 Å². The van der Waals surface area contributed by atoms with Gasteiger partial charge in [-0.15, -0.1) is 23.5 Å². The van der Waals surface area contributed by atoms with Crippen LogP contribution in [0.4, 0.5) is 0 Å². The molecule has 0 radical (unpaired) electrons. The molecule has 0 spiro atoms. The molecule has 9 rings (SSSR count). The minimum atomic E-state index is -0.677. The standard InChI is InChI=1S/C32H40O7S2/c33-25-26(34-16-20-10-4-1-5-11-20)23-18-40-29(25)31(37-23)39-28-27(35-17-21-12-6-2-7-13-21)24-19-41-30(28)32(38-24)36-22-14-8-3-9-15-22/h1-2,4-7,10-13,22-33H,3,8-9,14-19H2/t23-,24-,25-,26-,27-,28+,29+,30+,31+,32-/m1/s1. The van der Waals surface area contributed by atoms with Crippen LogP contribution < -0.4 is 0 Å². The van der Waals surface area contributed by atoms with Crippen molar-refractivity contribution in [2.45, 2.75) is 111 Å². The summed E-state index contributed by atoms with van der Waals surface area (Å²) in [6.45, 7) is 0.933. The minimum Gasteiger partial charge on any atom is -0.389 e.